The van der Waals surface area contributed by atoms with E-state index in [2.05, 4.69) is 0 Å². The lowest BCUT2D eigenvalue weighted by molar-refractivity contribution is 0.0998. The van der Waals surface area contributed by atoms with E-state index in [1.807, 2.05) is 0 Å². The highest BCUT2D eigenvalue weighted by atomic mass is 16.3. The average Bonchev–Trinajstić information content (AvgIpc) is 2.45. The number of carbonyl (C=O) groups excluding carboxylic acids is 2. The lowest BCUT2D eigenvalue weighted by Crippen LogP contribution is -2.12. The molecule has 1 amide bonds. The molecule has 0 saturated carbocycles. The zero-order valence-corrected chi connectivity index (χ0v) is 10.6. The summed E-state index contributed by atoms with van der Waals surface area (Å²) in [6, 6.07) is 13.0. The van der Waals surface area contributed by atoms with Gasteiger partial charge in [-0.1, -0.05) is 36.4 Å². The summed E-state index contributed by atoms with van der Waals surface area (Å²) in [4.78, 5) is 23.2. The molecule has 0 aliphatic rings. The maximum atomic E-state index is 12.0. The van der Waals surface area contributed by atoms with Crippen LogP contribution in [0.25, 0.3) is 6.08 Å². The SMILES string of the molecule is NC(=O)c1ccccc1C=CC(=O)c1ccccc1O. The van der Waals surface area contributed by atoms with E-state index >= 15 is 0 Å². The molecule has 0 aliphatic heterocycles. The summed E-state index contributed by atoms with van der Waals surface area (Å²) in [5.74, 6) is -0.979. The molecule has 0 atom stereocenters. The van der Waals surface area contributed by atoms with Crippen molar-refractivity contribution in [1.82, 2.24) is 0 Å². The second-order valence-electron chi connectivity index (χ2n) is 4.17. The first-order valence-corrected chi connectivity index (χ1v) is 5.99. The van der Waals surface area contributed by atoms with Crippen LogP contribution in [0.15, 0.2) is 54.6 Å². The minimum atomic E-state index is -0.555. The van der Waals surface area contributed by atoms with E-state index < -0.39 is 5.91 Å². The molecule has 100 valence electrons. The maximum absolute atomic E-state index is 12.0. The third-order valence-electron chi connectivity index (χ3n) is 2.81. The van der Waals surface area contributed by atoms with Crippen LogP contribution in [0.5, 0.6) is 5.75 Å². The molecule has 2 rings (SSSR count). The molecule has 20 heavy (non-hydrogen) atoms. The molecule has 0 aliphatic carbocycles. The van der Waals surface area contributed by atoms with Crippen LogP contribution in [0.3, 0.4) is 0 Å². The van der Waals surface area contributed by atoms with Crippen molar-refractivity contribution in [2.75, 3.05) is 0 Å². The van der Waals surface area contributed by atoms with Gasteiger partial charge < -0.3 is 10.8 Å². The molecule has 0 aromatic heterocycles. The fourth-order valence-electron chi connectivity index (χ4n) is 1.80. The van der Waals surface area contributed by atoms with Gasteiger partial charge in [-0.25, -0.2) is 0 Å². The van der Waals surface area contributed by atoms with Gasteiger partial charge in [0.2, 0.25) is 5.91 Å². The molecule has 4 nitrogen and oxygen atoms in total. The quantitative estimate of drug-likeness (QED) is 0.659. The van der Waals surface area contributed by atoms with Gasteiger partial charge in [0.25, 0.3) is 0 Å². The Labute approximate surface area is 116 Å². The fourth-order valence-corrected chi connectivity index (χ4v) is 1.80. The molecule has 0 fully saturated rings. The van der Waals surface area contributed by atoms with E-state index in [1.54, 1.807) is 36.4 Å². The van der Waals surface area contributed by atoms with Crippen LogP contribution >= 0.6 is 0 Å². The molecule has 2 aromatic rings. The van der Waals surface area contributed by atoms with Gasteiger partial charge in [-0.3, -0.25) is 9.59 Å². The molecule has 0 spiro atoms. The van der Waals surface area contributed by atoms with Gasteiger partial charge in [0.15, 0.2) is 5.78 Å². The summed E-state index contributed by atoms with van der Waals surface area (Å²) in [5, 5.41) is 9.59. The molecule has 0 unspecified atom stereocenters. The number of nitrogens with two attached hydrogens (primary N) is 1. The number of allylic oxidation sites excluding steroid dienone is 1. The summed E-state index contributed by atoms with van der Waals surface area (Å²) in [7, 11) is 0. The number of phenolic OH excluding ortho intramolecular Hbond substituents is 1. The van der Waals surface area contributed by atoms with Gasteiger partial charge in [0.1, 0.15) is 5.75 Å². The Bertz CT molecular complexity index is 690. The third-order valence-corrected chi connectivity index (χ3v) is 2.81. The van der Waals surface area contributed by atoms with Crippen LogP contribution in [0.1, 0.15) is 26.3 Å². The molecule has 0 bridgehead atoms. The van der Waals surface area contributed by atoms with Crippen LogP contribution in [-0.4, -0.2) is 16.8 Å². The Morgan fingerprint density at radius 3 is 2.20 bits per heavy atom. The van der Waals surface area contributed by atoms with Gasteiger partial charge in [-0.15, -0.1) is 0 Å². The Kier molecular flexibility index (Phi) is 3.96. The lowest BCUT2D eigenvalue weighted by atomic mass is 10.0. The zero-order valence-electron chi connectivity index (χ0n) is 10.6. The van der Waals surface area contributed by atoms with Crippen molar-refractivity contribution in [1.29, 1.82) is 0 Å². The number of hydrogen-bond acceptors (Lipinski definition) is 3. The Hall–Kier alpha value is -2.88. The van der Waals surface area contributed by atoms with E-state index in [9.17, 15) is 14.7 Å². The Balaban J connectivity index is 2.29. The first-order valence-electron chi connectivity index (χ1n) is 5.99. The van der Waals surface area contributed by atoms with E-state index in [1.165, 1.54) is 24.3 Å². The van der Waals surface area contributed by atoms with Crippen molar-refractivity contribution in [3.05, 3.63) is 71.3 Å². The highest BCUT2D eigenvalue weighted by Crippen LogP contribution is 2.17. The first kappa shape index (κ1) is 13.5. The lowest BCUT2D eigenvalue weighted by Gasteiger charge is -2.01. The second-order valence-corrected chi connectivity index (χ2v) is 4.17. The standard InChI is InChI=1S/C16H13NO3/c17-16(20)12-6-2-1-5-11(12)9-10-15(19)13-7-3-4-8-14(13)18/h1-10,18H,(H2,17,20). The third kappa shape index (κ3) is 2.92. The molecule has 0 radical (unpaired) electrons. The van der Waals surface area contributed by atoms with Crippen LogP contribution < -0.4 is 5.73 Å². The average molecular weight is 267 g/mol. The first-order chi connectivity index (χ1) is 9.59. The topological polar surface area (TPSA) is 80.4 Å². The summed E-state index contributed by atoms with van der Waals surface area (Å²) in [5.41, 5.74) is 6.37. The number of ketones is 1. The normalized spacial score (nSPS) is 10.6. The molecule has 0 saturated heterocycles. The summed E-state index contributed by atoms with van der Waals surface area (Å²) in [6.07, 6.45) is 2.81. The highest BCUT2D eigenvalue weighted by molar-refractivity contribution is 6.09. The van der Waals surface area contributed by atoms with Gasteiger partial charge >= 0.3 is 0 Å². The van der Waals surface area contributed by atoms with Crippen molar-refractivity contribution in [3.8, 4) is 5.75 Å². The van der Waals surface area contributed by atoms with Crippen molar-refractivity contribution in [2.45, 2.75) is 0 Å². The minimum Gasteiger partial charge on any atom is -0.507 e. The van der Waals surface area contributed by atoms with Gasteiger partial charge in [0.05, 0.1) is 5.56 Å². The van der Waals surface area contributed by atoms with Gasteiger partial charge in [-0.05, 0) is 29.8 Å². The number of phenols is 1. The number of amides is 1. The molecule has 4 heteroatoms. The molecule has 3 N–H and O–H groups in total. The number of benzene rings is 2. The van der Waals surface area contributed by atoms with Crippen LogP contribution in [0, 0.1) is 0 Å². The summed E-state index contributed by atoms with van der Waals surface area (Å²) < 4.78 is 0. The Morgan fingerprint density at radius 2 is 1.55 bits per heavy atom. The van der Waals surface area contributed by atoms with E-state index in [-0.39, 0.29) is 17.1 Å². The number of hydrogen-bond donors (Lipinski definition) is 2. The number of primary amides is 1. The zero-order chi connectivity index (χ0) is 14.5. The highest BCUT2D eigenvalue weighted by Gasteiger charge is 2.08. The largest absolute Gasteiger partial charge is 0.507 e. The summed E-state index contributed by atoms with van der Waals surface area (Å²) in [6.45, 7) is 0. The molecular weight excluding hydrogens is 254 g/mol. The van der Waals surface area contributed by atoms with Gasteiger partial charge in [0, 0.05) is 5.56 Å². The van der Waals surface area contributed by atoms with E-state index in [0.717, 1.165) is 0 Å². The fraction of sp³-hybridized carbons (Fsp3) is 0. The number of carbonyl (C=O) groups is 2. The molecular formula is C16H13NO3. The maximum Gasteiger partial charge on any atom is 0.249 e. The van der Waals surface area contributed by atoms with Gasteiger partial charge in [-0.2, -0.15) is 0 Å². The number of aromatic hydroxyl groups is 1. The smallest absolute Gasteiger partial charge is 0.249 e. The van der Waals surface area contributed by atoms with Crippen LogP contribution in [0.4, 0.5) is 0 Å². The van der Waals surface area contributed by atoms with Crippen LogP contribution in [0.2, 0.25) is 0 Å². The van der Waals surface area contributed by atoms with E-state index in [0.29, 0.717) is 11.1 Å². The van der Waals surface area contributed by atoms with Crippen molar-refractivity contribution < 1.29 is 14.7 Å². The van der Waals surface area contributed by atoms with Crippen molar-refractivity contribution >= 4 is 17.8 Å². The van der Waals surface area contributed by atoms with Crippen LogP contribution in [-0.2, 0) is 0 Å². The van der Waals surface area contributed by atoms with E-state index in [4.69, 9.17) is 5.73 Å². The second kappa shape index (κ2) is 5.84. The minimum absolute atomic E-state index is 0.0784. The number of rotatable bonds is 4. The predicted octanol–water partition coefficient (Wildman–Crippen LogP) is 2.39. The van der Waals surface area contributed by atoms with Crippen molar-refractivity contribution in [2.24, 2.45) is 5.73 Å². The molecule has 0 heterocycles. The molecule has 2 aromatic carbocycles. The monoisotopic (exact) mass is 267 g/mol. The van der Waals surface area contributed by atoms with Crippen molar-refractivity contribution in [3.63, 3.8) is 0 Å². The predicted molar refractivity (Wildman–Crippen MR) is 76.4 cm³/mol. The number of para-hydroxylation sites is 1. The summed E-state index contributed by atoms with van der Waals surface area (Å²) >= 11 is 0. The Morgan fingerprint density at radius 1 is 0.950 bits per heavy atom.